The summed E-state index contributed by atoms with van der Waals surface area (Å²) in [6, 6.07) is 8.05. The number of methoxy groups -OCH3 is 2. The number of aliphatic hydroxyl groups is 1. The molecule has 0 radical (unpaired) electrons. The number of benzene rings is 1. The number of pyridine rings is 1. The van der Waals surface area contributed by atoms with Crippen LogP contribution in [-0.4, -0.2) is 37.5 Å². The first kappa shape index (κ1) is 17.9. The predicted molar refractivity (Wildman–Crippen MR) is 88.4 cm³/mol. The van der Waals surface area contributed by atoms with Crippen LogP contribution in [0.5, 0.6) is 11.5 Å². The quantitative estimate of drug-likeness (QED) is 0.906. The minimum Gasteiger partial charge on any atom is -0.493 e. The van der Waals surface area contributed by atoms with Crippen molar-refractivity contribution in [2.75, 3.05) is 27.4 Å². The maximum atomic E-state index is 7.75. The highest BCUT2D eigenvalue weighted by atomic mass is 16.5. The number of hydrogen-bond donors (Lipinski definition) is 2. The Morgan fingerprint density at radius 3 is 2.32 bits per heavy atom. The number of aromatic nitrogens is 1. The van der Waals surface area contributed by atoms with Gasteiger partial charge in [-0.1, -0.05) is 0 Å². The zero-order valence-electron chi connectivity index (χ0n) is 13.6. The van der Waals surface area contributed by atoms with Crippen molar-refractivity contribution < 1.29 is 14.6 Å². The van der Waals surface area contributed by atoms with Crippen LogP contribution < -0.4 is 15.2 Å². The largest absolute Gasteiger partial charge is 0.493 e. The van der Waals surface area contributed by atoms with E-state index in [1.54, 1.807) is 14.2 Å². The molecule has 0 saturated carbocycles. The van der Waals surface area contributed by atoms with E-state index in [0.717, 1.165) is 28.3 Å². The van der Waals surface area contributed by atoms with Gasteiger partial charge >= 0.3 is 0 Å². The first-order valence-electron chi connectivity index (χ1n) is 7.04. The fourth-order valence-corrected chi connectivity index (χ4v) is 2.00. The van der Waals surface area contributed by atoms with Crippen molar-refractivity contribution in [2.24, 2.45) is 5.73 Å². The summed E-state index contributed by atoms with van der Waals surface area (Å²) in [5.74, 6) is 1.50. The number of rotatable bonds is 4. The molecule has 5 nitrogen and oxygen atoms in total. The molecule has 120 valence electrons. The van der Waals surface area contributed by atoms with E-state index in [1.807, 2.05) is 25.3 Å². The number of nitrogens with two attached hydrogens (primary N) is 1. The Bertz CT molecular complexity index is 598. The molecule has 0 fully saturated rings. The zero-order valence-corrected chi connectivity index (χ0v) is 13.6. The van der Waals surface area contributed by atoms with Gasteiger partial charge in [0, 0.05) is 18.3 Å². The summed E-state index contributed by atoms with van der Waals surface area (Å²) in [6.45, 7) is 4.53. The highest BCUT2D eigenvalue weighted by Gasteiger charge is 2.11. The second kappa shape index (κ2) is 9.02. The van der Waals surface area contributed by atoms with Crippen LogP contribution in [0.25, 0.3) is 11.3 Å². The van der Waals surface area contributed by atoms with Crippen molar-refractivity contribution in [1.82, 2.24) is 4.98 Å². The van der Waals surface area contributed by atoms with Crippen molar-refractivity contribution in [3.05, 3.63) is 41.6 Å². The van der Waals surface area contributed by atoms with Crippen molar-refractivity contribution in [3.63, 3.8) is 0 Å². The van der Waals surface area contributed by atoms with Crippen molar-refractivity contribution in [1.29, 1.82) is 0 Å². The van der Waals surface area contributed by atoms with E-state index >= 15 is 0 Å². The smallest absolute Gasteiger partial charge is 0.163 e. The summed E-state index contributed by atoms with van der Waals surface area (Å²) in [4.78, 5) is 4.39. The predicted octanol–water partition coefficient (Wildman–Crippen LogP) is 2.32. The Labute approximate surface area is 131 Å². The van der Waals surface area contributed by atoms with E-state index in [-0.39, 0.29) is 6.61 Å². The lowest BCUT2D eigenvalue weighted by atomic mass is 10.1. The molecule has 0 bridgehead atoms. The van der Waals surface area contributed by atoms with Gasteiger partial charge in [0.25, 0.3) is 0 Å². The average molecular weight is 304 g/mol. The highest BCUT2D eigenvalue weighted by molar-refractivity contribution is 5.66. The van der Waals surface area contributed by atoms with E-state index in [4.69, 9.17) is 20.3 Å². The highest BCUT2D eigenvalue weighted by Crippen LogP contribution is 2.35. The summed E-state index contributed by atoms with van der Waals surface area (Å²) in [5.41, 5.74) is 8.98. The van der Waals surface area contributed by atoms with Crippen LogP contribution in [0.3, 0.4) is 0 Å². The third-order valence-corrected chi connectivity index (χ3v) is 3.00. The lowest BCUT2D eigenvalue weighted by molar-refractivity contribution is 0.306. The second-order valence-corrected chi connectivity index (χ2v) is 4.76. The molecule has 0 aliphatic heterocycles. The Balaban J connectivity index is 0.000000541. The lowest BCUT2D eigenvalue weighted by Gasteiger charge is -2.12. The van der Waals surface area contributed by atoms with Crippen molar-refractivity contribution >= 4 is 0 Å². The SMILES string of the molecule is COc1cc(-c2cc(C)ccn2)cc(C)c1OC.NCCO. The average Bonchev–Trinajstić information content (AvgIpc) is 2.54. The first-order valence-corrected chi connectivity index (χ1v) is 7.04. The topological polar surface area (TPSA) is 77.6 Å². The molecular formula is C17H24N2O3. The number of aliphatic hydroxyl groups excluding tert-OH is 1. The number of ether oxygens (including phenoxy) is 2. The fraction of sp³-hybridized carbons (Fsp3) is 0.353. The summed E-state index contributed by atoms with van der Waals surface area (Å²) < 4.78 is 10.7. The Kier molecular flexibility index (Phi) is 7.36. The third-order valence-electron chi connectivity index (χ3n) is 3.00. The molecule has 0 aliphatic rings. The Hall–Kier alpha value is -2.11. The molecular weight excluding hydrogens is 280 g/mol. The van der Waals surface area contributed by atoms with E-state index in [1.165, 1.54) is 5.56 Å². The molecule has 1 aromatic carbocycles. The number of aryl methyl sites for hydroxylation is 2. The zero-order chi connectivity index (χ0) is 16.5. The van der Waals surface area contributed by atoms with Crippen LogP contribution in [0.1, 0.15) is 11.1 Å². The monoisotopic (exact) mass is 304 g/mol. The summed E-state index contributed by atoms with van der Waals surface area (Å²) >= 11 is 0. The Morgan fingerprint density at radius 1 is 1.14 bits per heavy atom. The molecule has 2 aromatic rings. The summed E-state index contributed by atoms with van der Waals surface area (Å²) in [6.07, 6.45) is 1.82. The molecule has 22 heavy (non-hydrogen) atoms. The van der Waals surface area contributed by atoms with E-state index < -0.39 is 0 Å². The molecule has 5 heteroatoms. The maximum absolute atomic E-state index is 7.75. The van der Waals surface area contributed by atoms with Gasteiger partial charge in [0.15, 0.2) is 11.5 Å². The molecule has 3 N–H and O–H groups in total. The number of hydrogen-bond acceptors (Lipinski definition) is 5. The van der Waals surface area contributed by atoms with Gasteiger partial charge in [0.05, 0.1) is 26.5 Å². The van der Waals surface area contributed by atoms with Gasteiger partial charge in [-0.15, -0.1) is 0 Å². The van der Waals surface area contributed by atoms with Gasteiger partial charge in [-0.3, -0.25) is 4.98 Å². The van der Waals surface area contributed by atoms with Gasteiger partial charge in [-0.05, 0) is 49.2 Å². The van der Waals surface area contributed by atoms with E-state index in [9.17, 15) is 0 Å². The van der Waals surface area contributed by atoms with Crippen LogP contribution in [0.2, 0.25) is 0 Å². The van der Waals surface area contributed by atoms with Crippen molar-refractivity contribution in [2.45, 2.75) is 13.8 Å². The summed E-state index contributed by atoms with van der Waals surface area (Å²) in [5, 5.41) is 7.75. The van der Waals surface area contributed by atoms with Crippen molar-refractivity contribution in [3.8, 4) is 22.8 Å². The molecule has 1 heterocycles. The molecule has 2 rings (SSSR count). The van der Waals surface area contributed by atoms with Crippen LogP contribution in [0, 0.1) is 13.8 Å². The molecule has 0 spiro atoms. The maximum Gasteiger partial charge on any atom is 0.163 e. The van der Waals surface area contributed by atoms with Gasteiger partial charge < -0.3 is 20.3 Å². The molecule has 0 atom stereocenters. The Morgan fingerprint density at radius 2 is 1.82 bits per heavy atom. The van der Waals surface area contributed by atoms with Crippen LogP contribution in [0.15, 0.2) is 30.5 Å². The van der Waals surface area contributed by atoms with Gasteiger partial charge in [0.2, 0.25) is 0 Å². The molecule has 0 aliphatic carbocycles. The molecule has 0 unspecified atom stereocenters. The van der Waals surface area contributed by atoms with Gasteiger partial charge in [-0.25, -0.2) is 0 Å². The fourth-order valence-electron chi connectivity index (χ4n) is 2.00. The minimum absolute atomic E-state index is 0.0972. The number of nitrogens with zero attached hydrogens (tertiary/aromatic N) is 1. The molecule has 1 aromatic heterocycles. The minimum atomic E-state index is 0.0972. The van der Waals surface area contributed by atoms with Gasteiger partial charge in [-0.2, -0.15) is 0 Å². The van der Waals surface area contributed by atoms with Gasteiger partial charge in [0.1, 0.15) is 0 Å². The van der Waals surface area contributed by atoms with Crippen LogP contribution >= 0.6 is 0 Å². The lowest BCUT2D eigenvalue weighted by Crippen LogP contribution is -2.02. The molecule has 0 saturated heterocycles. The molecule has 0 amide bonds. The van der Waals surface area contributed by atoms with E-state index in [2.05, 4.69) is 24.0 Å². The summed E-state index contributed by atoms with van der Waals surface area (Å²) in [7, 11) is 3.29. The van der Waals surface area contributed by atoms with Crippen LogP contribution in [0.4, 0.5) is 0 Å². The second-order valence-electron chi connectivity index (χ2n) is 4.76. The van der Waals surface area contributed by atoms with Crippen LogP contribution in [-0.2, 0) is 0 Å². The first-order chi connectivity index (χ1) is 10.6. The normalized spacial score (nSPS) is 9.73. The van der Waals surface area contributed by atoms with E-state index in [0.29, 0.717) is 6.54 Å². The standard InChI is InChI=1S/C15H17NO2.C2H7NO/c1-10-5-6-16-13(7-10)12-8-11(2)15(18-4)14(9-12)17-3;3-1-2-4/h5-9H,1-4H3;4H,1-3H2. The third kappa shape index (κ3) is 4.72.